The summed E-state index contributed by atoms with van der Waals surface area (Å²) in [7, 11) is -1.49. The van der Waals surface area contributed by atoms with Gasteiger partial charge in [-0.2, -0.15) is 4.98 Å². The average Bonchev–Trinajstić information content (AvgIpc) is 3.16. The van der Waals surface area contributed by atoms with Crippen LogP contribution in [0.15, 0.2) is 28.8 Å². The van der Waals surface area contributed by atoms with E-state index in [0.717, 1.165) is 11.1 Å². The summed E-state index contributed by atoms with van der Waals surface area (Å²) in [6.45, 7) is 4.63. The highest BCUT2D eigenvalue weighted by molar-refractivity contribution is 7.89. The Morgan fingerprint density at radius 2 is 2.04 bits per heavy atom. The number of carbonyl (C=O) groups is 1. The van der Waals surface area contributed by atoms with Crippen LogP contribution in [0.4, 0.5) is 0 Å². The first-order valence-corrected chi connectivity index (χ1v) is 11.0. The van der Waals surface area contributed by atoms with Gasteiger partial charge in [-0.15, -0.1) is 0 Å². The standard InChI is InChI=1S/C19H26N4O4S/c1-4-28(25,26)23-10-8-15(9-11-23)19(24)22(3)13-17-20-18(21-27-17)16-7-5-6-14(2)12-16/h5-7,12,15H,4,8-11,13H2,1-3H3. The van der Waals surface area contributed by atoms with Crippen LogP contribution in [0.2, 0.25) is 0 Å². The van der Waals surface area contributed by atoms with E-state index in [9.17, 15) is 13.2 Å². The van der Waals surface area contributed by atoms with Gasteiger partial charge in [0.2, 0.25) is 27.6 Å². The van der Waals surface area contributed by atoms with Crippen molar-refractivity contribution in [2.75, 3.05) is 25.9 Å². The molecule has 1 aromatic heterocycles. The van der Waals surface area contributed by atoms with E-state index in [4.69, 9.17) is 4.52 Å². The van der Waals surface area contributed by atoms with Crippen molar-refractivity contribution in [2.24, 2.45) is 5.92 Å². The highest BCUT2D eigenvalue weighted by Crippen LogP contribution is 2.23. The summed E-state index contributed by atoms with van der Waals surface area (Å²) < 4.78 is 30.7. The van der Waals surface area contributed by atoms with E-state index < -0.39 is 10.0 Å². The van der Waals surface area contributed by atoms with Crippen molar-refractivity contribution >= 4 is 15.9 Å². The molecule has 0 saturated carbocycles. The van der Waals surface area contributed by atoms with Gasteiger partial charge in [0.25, 0.3) is 0 Å². The molecule has 9 heteroatoms. The number of piperidine rings is 1. The zero-order chi connectivity index (χ0) is 20.3. The number of rotatable bonds is 6. The molecule has 0 atom stereocenters. The van der Waals surface area contributed by atoms with Crippen LogP contribution in [0.5, 0.6) is 0 Å². The van der Waals surface area contributed by atoms with E-state index >= 15 is 0 Å². The maximum absolute atomic E-state index is 12.7. The molecule has 0 radical (unpaired) electrons. The molecule has 1 aromatic carbocycles. The molecular weight excluding hydrogens is 380 g/mol. The Kier molecular flexibility index (Phi) is 6.14. The number of carbonyl (C=O) groups excluding carboxylic acids is 1. The molecule has 1 aliphatic heterocycles. The number of nitrogens with zero attached hydrogens (tertiary/aromatic N) is 4. The molecule has 152 valence electrons. The fraction of sp³-hybridized carbons (Fsp3) is 0.526. The van der Waals surface area contributed by atoms with E-state index in [0.29, 0.717) is 37.6 Å². The monoisotopic (exact) mass is 406 g/mol. The molecule has 3 rings (SSSR count). The highest BCUT2D eigenvalue weighted by atomic mass is 32.2. The third kappa shape index (κ3) is 4.59. The normalized spacial score (nSPS) is 16.2. The van der Waals surface area contributed by atoms with E-state index in [-0.39, 0.29) is 24.1 Å². The van der Waals surface area contributed by atoms with Crippen LogP contribution in [0.1, 0.15) is 31.2 Å². The summed E-state index contributed by atoms with van der Waals surface area (Å²) in [5.74, 6) is 0.749. The summed E-state index contributed by atoms with van der Waals surface area (Å²) >= 11 is 0. The van der Waals surface area contributed by atoms with Gasteiger partial charge in [-0.25, -0.2) is 12.7 Å². The Balaban J connectivity index is 1.58. The smallest absolute Gasteiger partial charge is 0.246 e. The second kappa shape index (κ2) is 8.40. The number of benzene rings is 1. The van der Waals surface area contributed by atoms with Gasteiger partial charge in [-0.05, 0) is 32.8 Å². The fourth-order valence-electron chi connectivity index (χ4n) is 3.38. The molecule has 28 heavy (non-hydrogen) atoms. The number of amides is 1. The van der Waals surface area contributed by atoms with Crippen LogP contribution >= 0.6 is 0 Å². The molecule has 2 aromatic rings. The highest BCUT2D eigenvalue weighted by Gasteiger charge is 2.31. The molecule has 1 saturated heterocycles. The summed E-state index contributed by atoms with van der Waals surface area (Å²) in [4.78, 5) is 18.7. The maximum Gasteiger partial charge on any atom is 0.246 e. The quantitative estimate of drug-likeness (QED) is 0.729. The molecule has 0 aliphatic carbocycles. The Morgan fingerprint density at radius 1 is 1.32 bits per heavy atom. The van der Waals surface area contributed by atoms with Crippen molar-refractivity contribution < 1.29 is 17.7 Å². The first-order valence-electron chi connectivity index (χ1n) is 9.42. The van der Waals surface area contributed by atoms with E-state index in [1.807, 2.05) is 31.2 Å². The minimum atomic E-state index is -3.19. The molecule has 1 aliphatic rings. The van der Waals surface area contributed by atoms with Crippen molar-refractivity contribution in [1.29, 1.82) is 0 Å². The SMILES string of the molecule is CCS(=O)(=O)N1CCC(C(=O)N(C)Cc2nc(-c3cccc(C)c3)no2)CC1. The van der Waals surface area contributed by atoms with Gasteiger partial charge in [-0.3, -0.25) is 4.79 Å². The van der Waals surface area contributed by atoms with E-state index in [1.165, 1.54) is 4.31 Å². The Labute approximate surface area is 165 Å². The zero-order valence-electron chi connectivity index (χ0n) is 16.5. The summed E-state index contributed by atoms with van der Waals surface area (Å²) in [6, 6.07) is 7.81. The van der Waals surface area contributed by atoms with Gasteiger partial charge < -0.3 is 9.42 Å². The second-order valence-corrected chi connectivity index (χ2v) is 9.41. The molecule has 0 N–H and O–H groups in total. The number of sulfonamides is 1. The predicted molar refractivity (Wildman–Crippen MR) is 105 cm³/mol. The van der Waals surface area contributed by atoms with Crippen molar-refractivity contribution in [2.45, 2.75) is 33.2 Å². The van der Waals surface area contributed by atoms with Gasteiger partial charge in [0, 0.05) is 31.6 Å². The Hall–Kier alpha value is -2.26. The van der Waals surface area contributed by atoms with Gasteiger partial charge in [0.1, 0.15) is 0 Å². The van der Waals surface area contributed by atoms with Crippen molar-refractivity contribution in [3.05, 3.63) is 35.7 Å². The first kappa shape index (κ1) is 20.5. The lowest BCUT2D eigenvalue weighted by Gasteiger charge is -2.32. The minimum Gasteiger partial charge on any atom is -0.337 e. The number of aryl methyl sites for hydroxylation is 1. The number of hydrogen-bond acceptors (Lipinski definition) is 6. The molecule has 0 spiro atoms. The predicted octanol–water partition coefficient (Wildman–Crippen LogP) is 2.07. The maximum atomic E-state index is 12.7. The molecule has 0 bridgehead atoms. The van der Waals surface area contributed by atoms with Crippen molar-refractivity contribution in [3.8, 4) is 11.4 Å². The van der Waals surface area contributed by atoms with Crippen LogP contribution in [0.25, 0.3) is 11.4 Å². The van der Waals surface area contributed by atoms with Gasteiger partial charge in [-0.1, -0.05) is 28.9 Å². The average molecular weight is 407 g/mol. The van der Waals surface area contributed by atoms with Crippen LogP contribution in [-0.4, -0.2) is 59.6 Å². The summed E-state index contributed by atoms with van der Waals surface area (Å²) in [5.41, 5.74) is 1.97. The van der Waals surface area contributed by atoms with Gasteiger partial charge in [0.05, 0.1) is 12.3 Å². The topological polar surface area (TPSA) is 96.6 Å². The van der Waals surface area contributed by atoms with Gasteiger partial charge >= 0.3 is 0 Å². The summed E-state index contributed by atoms with van der Waals surface area (Å²) in [6.07, 6.45) is 1.06. The Morgan fingerprint density at radius 3 is 2.68 bits per heavy atom. The minimum absolute atomic E-state index is 0.0242. The van der Waals surface area contributed by atoms with Crippen LogP contribution in [0, 0.1) is 12.8 Å². The first-order chi connectivity index (χ1) is 13.3. The molecular formula is C19H26N4O4S. The largest absolute Gasteiger partial charge is 0.337 e. The van der Waals surface area contributed by atoms with Crippen molar-refractivity contribution in [1.82, 2.24) is 19.3 Å². The second-order valence-electron chi connectivity index (χ2n) is 7.15. The third-order valence-electron chi connectivity index (χ3n) is 5.05. The number of aromatic nitrogens is 2. The molecule has 2 heterocycles. The Bertz CT molecular complexity index is 933. The molecule has 8 nitrogen and oxygen atoms in total. The van der Waals surface area contributed by atoms with Crippen LogP contribution < -0.4 is 0 Å². The lowest BCUT2D eigenvalue weighted by molar-refractivity contribution is -0.136. The fourth-order valence-corrected chi connectivity index (χ4v) is 4.51. The van der Waals surface area contributed by atoms with Crippen molar-refractivity contribution in [3.63, 3.8) is 0 Å². The molecule has 0 unspecified atom stereocenters. The number of hydrogen-bond donors (Lipinski definition) is 0. The van der Waals surface area contributed by atoms with Crippen LogP contribution in [0.3, 0.4) is 0 Å². The lowest BCUT2D eigenvalue weighted by atomic mass is 9.97. The van der Waals surface area contributed by atoms with Gasteiger partial charge in [0.15, 0.2) is 0 Å². The van der Waals surface area contributed by atoms with E-state index in [1.54, 1.807) is 18.9 Å². The third-order valence-corrected chi connectivity index (χ3v) is 6.94. The zero-order valence-corrected chi connectivity index (χ0v) is 17.3. The summed E-state index contributed by atoms with van der Waals surface area (Å²) in [5, 5.41) is 4.00. The van der Waals surface area contributed by atoms with E-state index in [2.05, 4.69) is 10.1 Å². The molecule has 1 amide bonds. The lowest BCUT2D eigenvalue weighted by Crippen LogP contribution is -2.43. The van der Waals surface area contributed by atoms with Crippen LogP contribution in [-0.2, 0) is 21.4 Å². The molecule has 1 fully saturated rings.